The lowest BCUT2D eigenvalue weighted by Gasteiger charge is -2.10. The molecule has 0 saturated heterocycles. The van der Waals surface area contributed by atoms with Crippen LogP contribution in [0.4, 0.5) is 5.69 Å². The summed E-state index contributed by atoms with van der Waals surface area (Å²) in [4.78, 5) is 11.5. The van der Waals surface area contributed by atoms with Gasteiger partial charge in [-0.25, -0.2) is 4.79 Å². The summed E-state index contributed by atoms with van der Waals surface area (Å²) in [5.41, 5.74) is 6.68. The average Bonchev–Trinajstić information content (AvgIpc) is 2.51. The molecule has 0 radical (unpaired) electrons. The summed E-state index contributed by atoms with van der Waals surface area (Å²) in [6.45, 7) is 2.53. The molecule has 2 aromatic carbocycles. The first-order valence-corrected chi connectivity index (χ1v) is 6.52. The molecule has 2 aromatic rings. The predicted octanol–water partition coefficient (Wildman–Crippen LogP) is 3.25. The highest BCUT2D eigenvalue weighted by molar-refractivity contribution is 5.90. The Kier molecular flexibility index (Phi) is 4.66. The van der Waals surface area contributed by atoms with Gasteiger partial charge < -0.3 is 19.9 Å². The maximum atomic E-state index is 11.5. The zero-order valence-corrected chi connectivity index (χ0v) is 12.0. The van der Waals surface area contributed by atoms with Gasteiger partial charge in [-0.1, -0.05) is 0 Å². The molecule has 0 heterocycles. The first-order chi connectivity index (χ1) is 10.1. The Labute approximate surface area is 123 Å². The van der Waals surface area contributed by atoms with Gasteiger partial charge in [0, 0.05) is 0 Å². The first kappa shape index (κ1) is 14.7. The minimum absolute atomic E-state index is 0.382. The maximum Gasteiger partial charge on any atom is 0.337 e. The Morgan fingerprint density at radius 2 is 1.76 bits per heavy atom. The van der Waals surface area contributed by atoms with Crippen molar-refractivity contribution in [1.82, 2.24) is 0 Å². The largest absolute Gasteiger partial charge is 0.494 e. The number of ether oxygens (including phenoxy) is 3. The van der Waals surface area contributed by atoms with Crippen LogP contribution >= 0.6 is 0 Å². The number of nitrogen functional groups attached to an aromatic ring is 1. The molecule has 0 aliphatic heterocycles. The van der Waals surface area contributed by atoms with Crippen molar-refractivity contribution in [2.24, 2.45) is 0 Å². The quantitative estimate of drug-likeness (QED) is 0.675. The molecule has 0 aromatic heterocycles. The van der Waals surface area contributed by atoms with Crippen LogP contribution in [0.5, 0.6) is 17.2 Å². The van der Waals surface area contributed by atoms with Crippen molar-refractivity contribution < 1.29 is 19.0 Å². The highest BCUT2D eigenvalue weighted by Gasteiger charge is 2.10. The average molecular weight is 287 g/mol. The topological polar surface area (TPSA) is 70.8 Å². The molecule has 0 amide bonds. The summed E-state index contributed by atoms with van der Waals surface area (Å²) in [6.07, 6.45) is 0. The van der Waals surface area contributed by atoms with E-state index in [-0.39, 0.29) is 0 Å². The van der Waals surface area contributed by atoms with Gasteiger partial charge in [0.25, 0.3) is 0 Å². The fourth-order valence-electron chi connectivity index (χ4n) is 1.77. The molecule has 0 spiro atoms. The minimum atomic E-state index is -0.438. The van der Waals surface area contributed by atoms with Crippen LogP contribution in [-0.2, 0) is 4.74 Å². The molecule has 0 saturated carbocycles. The van der Waals surface area contributed by atoms with Crippen LogP contribution in [0.25, 0.3) is 0 Å². The molecule has 110 valence electrons. The first-order valence-electron chi connectivity index (χ1n) is 6.52. The summed E-state index contributed by atoms with van der Waals surface area (Å²) < 4.78 is 15.7. The Hall–Kier alpha value is -2.69. The van der Waals surface area contributed by atoms with Crippen LogP contribution in [0.1, 0.15) is 17.3 Å². The monoisotopic (exact) mass is 287 g/mol. The molecule has 0 atom stereocenters. The van der Waals surface area contributed by atoms with Crippen molar-refractivity contribution in [1.29, 1.82) is 0 Å². The van der Waals surface area contributed by atoms with E-state index in [0.717, 1.165) is 5.75 Å². The molecule has 21 heavy (non-hydrogen) atoms. The predicted molar refractivity (Wildman–Crippen MR) is 79.9 cm³/mol. The SMILES string of the molecule is CCOc1ccc(Oc2cc(C(=O)OC)ccc2N)cc1. The Balaban J connectivity index is 2.20. The molecular formula is C16H17NO4. The van der Waals surface area contributed by atoms with Crippen molar-refractivity contribution in [2.45, 2.75) is 6.92 Å². The van der Waals surface area contributed by atoms with Gasteiger partial charge in [-0.15, -0.1) is 0 Å². The number of carbonyl (C=O) groups is 1. The Bertz CT molecular complexity index is 623. The number of hydrogen-bond acceptors (Lipinski definition) is 5. The van der Waals surface area contributed by atoms with Gasteiger partial charge in [-0.05, 0) is 49.4 Å². The lowest BCUT2D eigenvalue weighted by molar-refractivity contribution is 0.0600. The van der Waals surface area contributed by atoms with E-state index in [4.69, 9.17) is 15.2 Å². The third kappa shape index (κ3) is 3.66. The molecule has 2 N–H and O–H groups in total. The number of anilines is 1. The number of esters is 1. The minimum Gasteiger partial charge on any atom is -0.494 e. The fraction of sp³-hybridized carbons (Fsp3) is 0.188. The number of hydrogen-bond donors (Lipinski definition) is 1. The lowest BCUT2D eigenvalue weighted by Crippen LogP contribution is -2.02. The summed E-state index contributed by atoms with van der Waals surface area (Å²) in [7, 11) is 1.33. The number of nitrogens with two attached hydrogens (primary N) is 1. The van der Waals surface area contributed by atoms with Crippen molar-refractivity contribution >= 4 is 11.7 Å². The molecule has 0 aliphatic carbocycles. The van der Waals surface area contributed by atoms with Crippen LogP contribution in [0.15, 0.2) is 42.5 Å². The normalized spacial score (nSPS) is 10.0. The highest BCUT2D eigenvalue weighted by atomic mass is 16.5. The summed E-state index contributed by atoms with van der Waals surface area (Å²) >= 11 is 0. The van der Waals surface area contributed by atoms with Gasteiger partial charge in [-0.2, -0.15) is 0 Å². The number of benzene rings is 2. The van der Waals surface area contributed by atoms with E-state index in [1.807, 2.05) is 6.92 Å². The van der Waals surface area contributed by atoms with Gasteiger partial charge in [0.15, 0.2) is 5.75 Å². The van der Waals surface area contributed by atoms with E-state index in [0.29, 0.717) is 29.4 Å². The van der Waals surface area contributed by atoms with Gasteiger partial charge in [0.05, 0.1) is 25.0 Å². The van der Waals surface area contributed by atoms with Gasteiger partial charge in [0.1, 0.15) is 11.5 Å². The number of rotatable bonds is 5. The van der Waals surface area contributed by atoms with Gasteiger partial charge in [0.2, 0.25) is 0 Å². The summed E-state index contributed by atoms with van der Waals surface area (Å²) in [6, 6.07) is 11.9. The van der Waals surface area contributed by atoms with Crippen molar-refractivity contribution in [3.63, 3.8) is 0 Å². The second-order valence-electron chi connectivity index (χ2n) is 4.25. The molecule has 2 rings (SSSR count). The van der Waals surface area contributed by atoms with E-state index in [1.165, 1.54) is 7.11 Å². The zero-order valence-electron chi connectivity index (χ0n) is 12.0. The molecule has 0 aliphatic rings. The van der Waals surface area contributed by atoms with Crippen LogP contribution in [0, 0.1) is 0 Å². The van der Waals surface area contributed by atoms with Crippen molar-refractivity contribution in [2.75, 3.05) is 19.5 Å². The summed E-state index contributed by atoms with van der Waals surface area (Å²) in [5, 5.41) is 0. The second-order valence-corrected chi connectivity index (χ2v) is 4.25. The molecule has 0 unspecified atom stereocenters. The lowest BCUT2D eigenvalue weighted by atomic mass is 10.2. The molecule has 0 fully saturated rings. The maximum absolute atomic E-state index is 11.5. The van der Waals surface area contributed by atoms with E-state index in [2.05, 4.69) is 4.74 Å². The third-order valence-corrected chi connectivity index (χ3v) is 2.80. The van der Waals surface area contributed by atoms with Crippen LogP contribution in [0.3, 0.4) is 0 Å². The highest BCUT2D eigenvalue weighted by Crippen LogP contribution is 2.29. The van der Waals surface area contributed by atoms with Crippen LogP contribution < -0.4 is 15.2 Å². The fourth-order valence-corrected chi connectivity index (χ4v) is 1.77. The summed E-state index contributed by atoms with van der Waals surface area (Å²) in [5.74, 6) is 1.34. The van der Waals surface area contributed by atoms with Crippen LogP contribution in [0.2, 0.25) is 0 Å². The third-order valence-electron chi connectivity index (χ3n) is 2.80. The van der Waals surface area contributed by atoms with E-state index >= 15 is 0 Å². The smallest absolute Gasteiger partial charge is 0.337 e. The Morgan fingerprint density at radius 1 is 1.10 bits per heavy atom. The molecule has 0 bridgehead atoms. The molecule has 5 nitrogen and oxygen atoms in total. The van der Waals surface area contributed by atoms with Crippen LogP contribution in [-0.4, -0.2) is 19.7 Å². The number of methoxy groups -OCH3 is 1. The Morgan fingerprint density at radius 3 is 2.38 bits per heavy atom. The van der Waals surface area contributed by atoms with E-state index < -0.39 is 5.97 Å². The second kappa shape index (κ2) is 6.65. The standard InChI is InChI=1S/C16H17NO4/c1-3-20-12-5-7-13(8-6-12)21-15-10-11(16(18)19-2)4-9-14(15)17/h4-10H,3,17H2,1-2H3. The van der Waals surface area contributed by atoms with Gasteiger partial charge >= 0.3 is 5.97 Å². The zero-order chi connectivity index (χ0) is 15.2. The van der Waals surface area contributed by atoms with E-state index in [1.54, 1.807) is 42.5 Å². The number of carbonyl (C=O) groups excluding carboxylic acids is 1. The van der Waals surface area contributed by atoms with Gasteiger partial charge in [-0.3, -0.25) is 0 Å². The molecule has 5 heteroatoms. The van der Waals surface area contributed by atoms with Crippen molar-refractivity contribution in [3.8, 4) is 17.2 Å². The molecular weight excluding hydrogens is 270 g/mol. The van der Waals surface area contributed by atoms with Crippen molar-refractivity contribution in [3.05, 3.63) is 48.0 Å². The van der Waals surface area contributed by atoms with E-state index in [9.17, 15) is 4.79 Å².